The molecule has 27 heavy (non-hydrogen) atoms. The van der Waals surface area contributed by atoms with E-state index in [0.717, 1.165) is 42.5 Å². The van der Waals surface area contributed by atoms with E-state index in [4.69, 9.17) is 11.6 Å². The van der Waals surface area contributed by atoms with Gasteiger partial charge in [-0.2, -0.15) is 5.26 Å². The van der Waals surface area contributed by atoms with E-state index < -0.39 is 0 Å². The molecule has 0 spiro atoms. The Hall–Kier alpha value is -2.29. The first-order chi connectivity index (χ1) is 13.2. The van der Waals surface area contributed by atoms with Crippen LogP contribution in [0.15, 0.2) is 41.3 Å². The predicted molar refractivity (Wildman–Crippen MR) is 109 cm³/mol. The number of allylic oxidation sites excluding steroid dienone is 1. The molecule has 0 saturated carbocycles. The van der Waals surface area contributed by atoms with Gasteiger partial charge in [0.15, 0.2) is 0 Å². The van der Waals surface area contributed by atoms with Gasteiger partial charge in [0, 0.05) is 36.1 Å². The lowest BCUT2D eigenvalue weighted by molar-refractivity contribution is 0.144. The number of benzene rings is 1. The molecule has 6 heteroatoms. The minimum Gasteiger partial charge on any atom is -0.324 e. The molecule has 0 aliphatic carbocycles. The summed E-state index contributed by atoms with van der Waals surface area (Å²) in [6.07, 6.45) is 2.44. The number of nitrogens with zero attached hydrogens (tertiary/aromatic N) is 3. The van der Waals surface area contributed by atoms with Crippen LogP contribution in [0.2, 0.25) is 5.02 Å². The van der Waals surface area contributed by atoms with Gasteiger partial charge in [-0.1, -0.05) is 23.7 Å². The topological polar surface area (TPSA) is 47.3 Å². The van der Waals surface area contributed by atoms with Gasteiger partial charge in [0.2, 0.25) is 0 Å². The fraction of sp³-hybridized carbons (Fsp3) is 0.333. The average molecular weight is 398 g/mol. The summed E-state index contributed by atoms with van der Waals surface area (Å²) in [5, 5.41) is 12.4. The molecule has 4 nitrogen and oxygen atoms in total. The SMILES string of the molecule is N#CC(=C1CCN(C(=O)N2CCc3sccc3C2)CC1)c1ccc(Cl)cc1. The van der Waals surface area contributed by atoms with Crippen molar-refractivity contribution in [2.45, 2.75) is 25.8 Å². The van der Waals surface area contributed by atoms with Crippen molar-refractivity contribution in [2.24, 2.45) is 0 Å². The van der Waals surface area contributed by atoms with Crippen molar-refractivity contribution in [2.75, 3.05) is 19.6 Å². The predicted octanol–water partition coefficient (Wildman–Crippen LogP) is 4.95. The van der Waals surface area contributed by atoms with Crippen molar-refractivity contribution in [3.63, 3.8) is 0 Å². The number of hydrogen-bond donors (Lipinski definition) is 0. The monoisotopic (exact) mass is 397 g/mol. The van der Waals surface area contributed by atoms with Crippen molar-refractivity contribution in [3.05, 3.63) is 62.3 Å². The summed E-state index contributed by atoms with van der Waals surface area (Å²) in [4.78, 5) is 18.2. The number of amides is 2. The average Bonchev–Trinajstić information content (AvgIpc) is 3.18. The minimum atomic E-state index is 0.121. The van der Waals surface area contributed by atoms with E-state index in [0.29, 0.717) is 24.7 Å². The standard InChI is InChI=1S/C21H20ClN3OS/c22-18-3-1-15(2-4-18)19(13-23)16-5-9-24(10-6-16)21(26)25-11-7-20-17(14-25)8-12-27-20/h1-4,8,12H,5-7,9-11,14H2. The fourth-order valence-electron chi connectivity index (χ4n) is 3.79. The van der Waals surface area contributed by atoms with Crippen LogP contribution in [0.4, 0.5) is 4.79 Å². The molecule has 0 radical (unpaired) electrons. The van der Waals surface area contributed by atoms with Crippen LogP contribution in [-0.4, -0.2) is 35.5 Å². The molecular weight excluding hydrogens is 378 g/mol. The number of nitriles is 1. The molecule has 2 amide bonds. The number of fused-ring (bicyclic) bond motifs is 1. The smallest absolute Gasteiger partial charge is 0.320 e. The molecule has 0 N–H and O–H groups in total. The van der Waals surface area contributed by atoms with Gasteiger partial charge in [-0.25, -0.2) is 4.79 Å². The molecule has 1 saturated heterocycles. The Balaban J connectivity index is 1.43. The summed E-state index contributed by atoms with van der Waals surface area (Å²) >= 11 is 7.73. The first-order valence-electron chi connectivity index (χ1n) is 9.13. The van der Waals surface area contributed by atoms with Crippen molar-refractivity contribution in [1.29, 1.82) is 5.26 Å². The maximum Gasteiger partial charge on any atom is 0.320 e. The van der Waals surface area contributed by atoms with E-state index in [-0.39, 0.29) is 6.03 Å². The zero-order valence-electron chi connectivity index (χ0n) is 14.9. The second kappa shape index (κ2) is 7.75. The molecule has 3 heterocycles. The number of thiophene rings is 1. The number of likely N-dealkylation sites (tertiary alicyclic amines) is 1. The van der Waals surface area contributed by atoms with Gasteiger partial charge in [0.05, 0.1) is 11.6 Å². The fourth-order valence-corrected chi connectivity index (χ4v) is 4.81. The molecular formula is C21H20ClN3OS. The van der Waals surface area contributed by atoms with Crippen LogP contribution in [0.5, 0.6) is 0 Å². The molecule has 1 aromatic heterocycles. The third-order valence-electron chi connectivity index (χ3n) is 5.31. The van der Waals surface area contributed by atoms with Gasteiger partial charge in [-0.15, -0.1) is 11.3 Å². The maximum atomic E-state index is 12.9. The van der Waals surface area contributed by atoms with Gasteiger partial charge in [-0.3, -0.25) is 0 Å². The Bertz CT molecular complexity index is 916. The summed E-state index contributed by atoms with van der Waals surface area (Å²) in [6, 6.07) is 12.0. The van der Waals surface area contributed by atoms with Crippen LogP contribution in [0.25, 0.3) is 5.57 Å². The first kappa shape index (κ1) is 18.1. The van der Waals surface area contributed by atoms with E-state index in [1.54, 1.807) is 11.3 Å². The van der Waals surface area contributed by atoms with E-state index in [1.165, 1.54) is 10.4 Å². The van der Waals surface area contributed by atoms with E-state index in [2.05, 4.69) is 17.5 Å². The summed E-state index contributed by atoms with van der Waals surface area (Å²) in [5.74, 6) is 0. The highest BCUT2D eigenvalue weighted by Gasteiger charge is 2.28. The molecule has 2 aromatic rings. The van der Waals surface area contributed by atoms with Gasteiger partial charge in [0.25, 0.3) is 0 Å². The number of rotatable bonds is 1. The van der Waals surface area contributed by atoms with Crippen molar-refractivity contribution < 1.29 is 4.79 Å². The number of carbonyl (C=O) groups is 1. The number of urea groups is 1. The van der Waals surface area contributed by atoms with Crippen LogP contribution < -0.4 is 0 Å². The zero-order chi connectivity index (χ0) is 18.8. The van der Waals surface area contributed by atoms with Gasteiger partial charge in [-0.05, 0) is 59.5 Å². The highest BCUT2D eigenvalue weighted by molar-refractivity contribution is 7.10. The second-order valence-corrected chi connectivity index (χ2v) is 8.34. The van der Waals surface area contributed by atoms with E-state index >= 15 is 0 Å². The van der Waals surface area contributed by atoms with E-state index in [1.807, 2.05) is 34.1 Å². The van der Waals surface area contributed by atoms with Crippen molar-refractivity contribution in [1.82, 2.24) is 9.80 Å². The third kappa shape index (κ3) is 3.73. The Morgan fingerprint density at radius 1 is 1.04 bits per heavy atom. The molecule has 2 aliphatic rings. The van der Waals surface area contributed by atoms with Crippen LogP contribution in [0.1, 0.15) is 28.8 Å². The van der Waals surface area contributed by atoms with Crippen molar-refractivity contribution >= 4 is 34.5 Å². The van der Waals surface area contributed by atoms with Gasteiger partial charge in [0.1, 0.15) is 0 Å². The summed E-state index contributed by atoms with van der Waals surface area (Å²) in [5.41, 5.74) is 4.03. The summed E-state index contributed by atoms with van der Waals surface area (Å²) in [6.45, 7) is 2.84. The minimum absolute atomic E-state index is 0.121. The second-order valence-electron chi connectivity index (χ2n) is 6.91. The lowest BCUT2D eigenvalue weighted by atomic mass is 9.94. The lowest BCUT2D eigenvalue weighted by Gasteiger charge is -2.35. The number of carbonyl (C=O) groups excluding carboxylic acids is 1. The van der Waals surface area contributed by atoms with Gasteiger partial charge >= 0.3 is 6.03 Å². The highest BCUT2D eigenvalue weighted by atomic mass is 35.5. The highest BCUT2D eigenvalue weighted by Crippen LogP contribution is 2.29. The third-order valence-corrected chi connectivity index (χ3v) is 6.59. The molecule has 2 aliphatic heterocycles. The first-order valence-corrected chi connectivity index (χ1v) is 10.4. The molecule has 1 fully saturated rings. The van der Waals surface area contributed by atoms with Crippen LogP contribution in [-0.2, 0) is 13.0 Å². The summed E-state index contributed by atoms with van der Waals surface area (Å²) in [7, 11) is 0. The molecule has 138 valence electrons. The number of halogens is 1. The molecule has 0 atom stereocenters. The lowest BCUT2D eigenvalue weighted by Crippen LogP contribution is -2.47. The van der Waals surface area contributed by atoms with Gasteiger partial charge < -0.3 is 9.80 Å². The van der Waals surface area contributed by atoms with E-state index in [9.17, 15) is 10.1 Å². The molecule has 4 rings (SSSR count). The normalized spacial score (nSPS) is 16.7. The number of hydrogen-bond acceptors (Lipinski definition) is 3. The van der Waals surface area contributed by atoms with Crippen molar-refractivity contribution in [3.8, 4) is 6.07 Å². The van der Waals surface area contributed by atoms with Crippen LogP contribution >= 0.6 is 22.9 Å². The summed E-state index contributed by atoms with van der Waals surface area (Å²) < 4.78 is 0. The van der Waals surface area contributed by atoms with Crippen LogP contribution in [0.3, 0.4) is 0 Å². The molecule has 0 bridgehead atoms. The quantitative estimate of drug-likeness (QED) is 0.639. The largest absolute Gasteiger partial charge is 0.324 e. The Labute approximate surface area is 168 Å². The maximum absolute atomic E-state index is 12.9. The molecule has 1 aromatic carbocycles. The molecule has 0 unspecified atom stereocenters. The Morgan fingerprint density at radius 3 is 2.44 bits per heavy atom. The Kier molecular flexibility index (Phi) is 5.20. The Morgan fingerprint density at radius 2 is 1.74 bits per heavy atom. The number of piperidine rings is 1. The zero-order valence-corrected chi connectivity index (χ0v) is 16.5. The van der Waals surface area contributed by atoms with Crippen LogP contribution in [0, 0.1) is 11.3 Å².